The van der Waals surface area contributed by atoms with Crippen molar-refractivity contribution in [1.29, 1.82) is 0 Å². The zero-order chi connectivity index (χ0) is 22.5. The van der Waals surface area contributed by atoms with Crippen LogP contribution in [0.4, 0.5) is 5.82 Å². The molecule has 1 saturated heterocycles. The molecule has 3 unspecified atom stereocenters. The van der Waals surface area contributed by atoms with Crippen molar-refractivity contribution in [3.8, 4) is 0 Å². The van der Waals surface area contributed by atoms with E-state index in [1.165, 1.54) is 0 Å². The Labute approximate surface area is 192 Å². The van der Waals surface area contributed by atoms with E-state index in [1.54, 1.807) is 12.4 Å². The Morgan fingerprint density at radius 3 is 2.67 bits per heavy atom. The van der Waals surface area contributed by atoms with Gasteiger partial charge < -0.3 is 10.6 Å². The van der Waals surface area contributed by atoms with Gasteiger partial charge in [0, 0.05) is 37.8 Å². The Hall–Kier alpha value is -3.48. The zero-order valence-corrected chi connectivity index (χ0v) is 18.5. The number of piperidine rings is 1. The van der Waals surface area contributed by atoms with Crippen LogP contribution in [0.3, 0.4) is 0 Å². The molecule has 7 nitrogen and oxygen atoms in total. The number of hydrogen-bond donors (Lipinski definition) is 1. The van der Waals surface area contributed by atoms with Crippen LogP contribution in [0.2, 0.25) is 0 Å². The fourth-order valence-corrected chi connectivity index (χ4v) is 5.46. The predicted molar refractivity (Wildman–Crippen MR) is 123 cm³/mol. The summed E-state index contributed by atoms with van der Waals surface area (Å²) in [5, 5.41) is 4.41. The third-order valence-corrected chi connectivity index (χ3v) is 7.44. The summed E-state index contributed by atoms with van der Waals surface area (Å²) in [7, 11) is 0. The number of ketones is 1. The number of likely N-dealkylation sites (tertiary alicyclic amines) is 1. The number of amides is 1. The third kappa shape index (κ3) is 3.81. The first-order valence-electron chi connectivity index (χ1n) is 11.7. The summed E-state index contributed by atoms with van der Waals surface area (Å²) in [4.78, 5) is 31.2. The average Bonchev–Trinajstić information content (AvgIpc) is 3.10. The number of nitrogens with zero attached hydrogens (tertiary/aromatic N) is 4. The molecule has 0 spiro atoms. The number of carbonyl (C=O) groups is 2. The quantitative estimate of drug-likeness (QED) is 0.568. The van der Waals surface area contributed by atoms with Gasteiger partial charge in [0.05, 0.1) is 18.3 Å². The first-order valence-corrected chi connectivity index (χ1v) is 11.7. The molecule has 1 aromatic carbocycles. The van der Waals surface area contributed by atoms with E-state index in [0.717, 1.165) is 48.1 Å². The number of Topliss-reactive ketones (excluding diaryl/α,β-unsaturated/α-hetero) is 1. The molecule has 6 rings (SSSR count). The van der Waals surface area contributed by atoms with Gasteiger partial charge in [-0.15, -0.1) is 0 Å². The van der Waals surface area contributed by atoms with Gasteiger partial charge in [0.25, 0.3) is 0 Å². The van der Waals surface area contributed by atoms with E-state index in [9.17, 15) is 9.59 Å². The van der Waals surface area contributed by atoms with Gasteiger partial charge in [-0.25, -0.2) is 4.98 Å². The van der Waals surface area contributed by atoms with Crippen LogP contribution >= 0.6 is 0 Å². The predicted octanol–water partition coefficient (Wildman–Crippen LogP) is 3.19. The van der Waals surface area contributed by atoms with Crippen LogP contribution in [0.15, 0.2) is 48.9 Å². The standard InChI is InChI=1S/C26H27N5O2/c27-25-22-6-5-18(21(22)7-8-28-25)10-24(32)20-11-29-31(15-20)13-17-3-1-16(2-4-17)12-30-14-19-9-23(19)26(30)33/h1-4,7-8,11,15,18-19,23H,5-6,9-10,12-14H2,(H2,27,28). The molecule has 7 heteroatoms. The number of aromatic nitrogens is 3. The second-order valence-electron chi connectivity index (χ2n) is 9.69. The van der Waals surface area contributed by atoms with Crippen molar-refractivity contribution in [2.45, 2.75) is 44.7 Å². The number of nitrogen functional groups attached to an aromatic ring is 1. The molecule has 3 heterocycles. The summed E-state index contributed by atoms with van der Waals surface area (Å²) < 4.78 is 1.81. The van der Waals surface area contributed by atoms with Gasteiger partial charge in [-0.1, -0.05) is 24.3 Å². The molecule has 3 aromatic rings. The van der Waals surface area contributed by atoms with E-state index >= 15 is 0 Å². The van der Waals surface area contributed by atoms with Gasteiger partial charge in [-0.3, -0.25) is 14.3 Å². The third-order valence-electron chi connectivity index (χ3n) is 7.44. The molecule has 0 bridgehead atoms. The van der Waals surface area contributed by atoms with Crippen molar-refractivity contribution in [3.63, 3.8) is 0 Å². The topological polar surface area (TPSA) is 94.1 Å². The van der Waals surface area contributed by atoms with E-state index in [2.05, 4.69) is 34.3 Å². The molecule has 3 atom stereocenters. The number of fused-ring (bicyclic) bond motifs is 2. The Kier molecular flexibility index (Phi) is 4.78. The van der Waals surface area contributed by atoms with Crippen molar-refractivity contribution < 1.29 is 9.59 Å². The van der Waals surface area contributed by atoms with Gasteiger partial charge in [0.1, 0.15) is 5.82 Å². The number of benzene rings is 1. The Bertz CT molecular complexity index is 1230. The van der Waals surface area contributed by atoms with Crippen LogP contribution in [-0.2, 0) is 24.3 Å². The smallest absolute Gasteiger partial charge is 0.226 e. The zero-order valence-electron chi connectivity index (χ0n) is 18.5. The number of pyridine rings is 1. The number of carbonyl (C=O) groups excluding carboxylic acids is 2. The largest absolute Gasteiger partial charge is 0.383 e. The van der Waals surface area contributed by atoms with Crippen molar-refractivity contribution >= 4 is 17.5 Å². The van der Waals surface area contributed by atoms with E-state index < -0.39 is 0 Å². The highest BCUT2D eigenvalue weighted by molar-refractivity contribution is 5.96. The van der Waals surface area contributed by atoms with Gasteiger partial charge in [0.15, 0.2) is 5.78 Å². The number of hydrogen-bond acceptors (Lipinski definition) is 5. The molecule has 2 N–H and O–H groups in total. The molecule has 1 aliphatic heterocycles. The van der Waals surface area contributed by atoms with Gasteiger partial charge in [-0.05, 0) is 59.4 Å². The minimum absolute atomic E-state index is 0.109. The minimum Gasteiger partial charge on any atom is -0.383 e. The van der Waals surface area contributed by atoms with E-state index in [4.69, 9.17) is 5.73 Å². The highest BCUT2D eigenvalue weighted by Gasteiger charge is 2.51. The van der Waals surface area contributed by atoms with Crippen LogP contribution in [0.5, 0.6) is 0 Å². The lowest BCUT2D eigenvalue weighted by atomic mass is 9.94. The van der Waals surface area contributed by atoms with Crippen LogP contribution in [0.25, 0.3) is 0 Å². The number of anilines is 1. The van der Waals surface area contributed by atoms with E-state index in [0.29, 0.717) is 48.6 Å². The molecule has 168 valence electrons. The molecule has 2 aliphatic carbocycles. The van der Waals surface area contributed by atoms with Crippen LogP contribution in [0, 0.1) is 11.8 Å². The van der Waals surface area contributed by atoms with Crippen molar-refractivity contribution in [2.24, 2.45) is 11.8 Å². The fraction of sp³-hybridized carbons (Fsp3) is 0.385. The van der Waals surface area contributed by atoms with Gasteiger partial charge in [-0.2, -0.15) is 5.10 Å². The van der Waals surface area contributed by atoms with Gasteiger partial charge in [0.2, 0.25) is 5.91 Å². The molecular weight excluding hydrogens is 414 g/mol. The van der Waals surface area contributed by atoms with Crippen molar-refractivity contribution in [3.05, 3.63) is 76.7 Å². The summed E-state index contributed by atoms with van der Waals surface area (Å²) in [6.07, 6.45) is 8.60. The second kappa shape index (κ2) is 7.83. The Morgan fingerprint density at radius 1 is 1.12 bits per heavy atom. The maximum Gasteiger partial charge on any atom is 0.226 e. The molecule has 1 amide bonds. The summed E-state index contributed by atoms with van der Waals surface area (Å²) >= 11 is 0. The van der Waals surface area contributed by atoms with Crippen LogP contribution < -0.4 is 5.73 Å². The monoisotopic (exact) mass is 441 g/mol. The maximum atomic E-state index is 12.9. The first-order chi connectivity index (χ1) is 16.0. The average molecular weight is 442 g/mol. The lowest BCUT2D eigenvalue weighted by Gasteiger charge is -2.18. The summed E-state index contributed by atoms with van der Waals surface area (Å²) in [6.45, 7) is 2.21. The lowest BCUT2D eigenvalue weighted by molar-refractivity contribution is -0.130. The number of nitrogens with two attached hydrogens (primary N) is 1. The second-order valence-corrected chi connectivity index (χ2v) is 9.69. The maximum absolute atomic E-state index is 12.9. The number of rotatable bonds is 7. The summed E-state index contributed by atoms with van der Waals surface area (Å²) in [5.41, 5.74) is 11.2. The van der Waals surface area contributed by atoms with Crippen LogP contribution in [-0.4, -0.2) is 37.9 Å². The molecule has 0 radical (unpaired) electrons. The highest BCUT2D eigenvalue weighted by Crippen LogP contribution is 2.46. The van der Waals surface area contributed by atoms with Crippen LogP contribution in [0.1, 0.15) is 57.8 Å². The molecule has 1 saturated carbocycles. The molecule has 2 fully saturated rings. The van der Waals surface area contributed by atoms with E-state index in [-0.39, 0.29) is 11.7 Å². The summed E-state index contributed by atoms with van der Waals surface area (Å²) in [6, 6.07) is 10.3. The van der Waals surface area contributed by atoms with Gasteiger partial charge >= 0.3 is 0 Å². The van der Waals surface area contributed by atoms with E-state index in [1.807, 2.05) is 21.8 Å². The normalized spacial score (nSPS) is 23.0. The SMILES string of the molecule is Nc1nccc2c1CCC2CC(=O)c1cnn(Cc2ccc(CN3CC4CC4C3=O)cc2)c1. The minimum atomic E-state index is 0.109. The first kappa shape index (κ1) is 20.1. The fourth-order valence-electron chi connectivity index (χ4n) is 5.46. The molecule has 3 aliphatic rings. The Balaban J connectivity index is 1.06. The Morgan fingerprint density at radius 2 is 1.91 bits per heavy atom. The summed E-state index contributed by atoms with van der Waals surface area (Å²) in [5.74, 6) is 2.12. The molecular formula is C26H27N5O2. The molecule has 2 aromatic heterocycles. The van der Waals surface area contributed by atoms with Crippen molar-refractivity contribution in [1.82, 2.24) is 19.7 Å². The molecule has 33 heavy (non-hydrogen) atoms. The highest BCUT2D eigenvalue weighted by atomic mass is 16.2. The lowest BCUT2D eigenvalue weighted by Crippen LogP contribution is -2.27. The van der Waals surface area contributed by atoms with Crippen molar-refractivity contribution in [2.75, 3.05) is 12.3 Å².